The number of hydrazine groups is 1. The zero-order valence-electron chi connectivity index (χ0n) is 6.42. The van der Waals surface area contributed by atoms with Gasteiger partial charge in [-0.25, -0.2) is 5.84 Å². The van der Waals surface area contributed by atoms with E-state index >= 15 is 0 Å². The largest absolute Gasteiger partial charge is 0.320 e. The lowest BCUT2D eigenvalue weighted by atomic mass is 10.00. The Balaban J connectivity index is 3.81. The average molecular weight is 145 g/mol. The molecule has 5 N–H and O–H groups in total. The first kappa shape index (κ1) is 9.39. The maximum atomic E-state index is 10.8. The van der Waals surface area contributed by atoms with Crippen molar-refractivity contribution < 1.29 is 4.79 Å². The van der Waals surface area contributed by atoms with Crippen LogP contribution in [0.5, 0.6) is 0 Å². The fourth-order valence-electron chi connectivity index (χ4n) is 0.609. The maximum absolute atomic E-state index is 10.8. The Hall–Kier alpha value is -0.610. The van der Waals surface area contributed by atoms with Crippen LogP contribution >= 0.6 is 0 Å². The molecule has 0 rings (SSSR count). The summed E-state index contributed by atoms with van der Waals surface area (Å²) in [5, 5.41) is 0. The smallest absolute Gasteiger partial charge is 0.251 e. The summed E-state index contributed by atoms with van der Waals surface area (Å²) in [4.78, 5) is 10.8. The van der Waals surface area contributed by atoms with Crippen molar-refractivity contribution in [3.8, 4) is 0 Å². The molecule has 2 atom stereocenters. The predicted molar refractivity (Wildman–Crippen MR) is 39.8 cm³/mol. The fraction of sp³-hybridized carbons (Fsp3) is 0.833. The van der Waals surface area contributed by atoms with Crippen LogP contribution in [-0.4, -0.2) is 11.9 Å². The van der Waals surface area contributed by atoms with Crippen molar-refractivity contribution in [1.82, 2.24) is 5.43 Å². The lowest BCUT2D eigenvalue weighted by molar-refractivity contribution is -0.123. The van der Waals surface area contributed by atoms with Crippen LogP contribution in [0.1, 0.15) is 20.3 Å². The van der Waals surface area contributed by atoms with Gasteiger partial charge >= 0.3 is 0 Å². The molecular weight excluding hydrogens is 130 g/mol. The van der Waals surface area contributed by atoms with Gasteiger partial charge in [-0.3, -0.25) is 10.2 Å². The number of nitrogens with one attached hydrogen (secondary N) is 1. The Bertz CT molecular complexity index is 116. The average Bonchev–Trinajstić information content (AvgIpc) is 2.00. The second-order valence-electron chi connectivity index (χ2n) is 2.42. The maximum Gasteiger partial charge on any atom is 0.251 e. The summed E-state index contributed by atoms with van der Waals surface area (Å²) in [5.74, 6) is 4.77. The lowest BCUT2D eigenvalue weighted by Gasteiger charge is -2.15. The van der Waals surface area contributed by atoms with Crippen LogP contribution in [0, 0.1) is 5.92 Å². The molecule has 0 aliphatic carbocycles. The van der Waals surface area contributed by atoms with Crippen molar-refractivity contribution in [3.63, 3.8) is 0 Å². The van der Waals surface area contributed by atoms with E-state index in [1.165, 1.54) is 0 Å². The molecule has 0 aromatic heterocycles. The van der Waals surface area contributed by atoms with Gasteiger partial charge in [-0.2, -0.15) is 0 Å². The molecule has 4 heteroatoms. The summed E-state index contributed by atoms with van der Waals surface area (Å²) < 4.78 is 0. The molecule has 0 bridgehead atoms. The van der Waals surface area contributed by atoms with Crippen molar-refractivity contribution in [2.24, 2.45) is 17.5 Å². The Morgan fingerprint density at radius 2 is 2.20 bits per heavy atom. The first-order valence-corrected chi connectivity index (χ1v) is 3.39. The summed E-state index contributed by atoms with van der Waals surface area (Å²) in [6.45, 7) is 3.90. The SMILES string of the molecule is CCC(C)[C@@H](N)C(=O)NN. The highest BCUT2D eigenvalue weighted by Crippen LogP contribution is 2.04. The number of amides is 1. The number of nitrogens with two attached hydrogens (primary N) is 2. The van der Waals surface area contributed by atoms with Gasteiger partial charge in [-0.05, 0) is 5.92 Å². The molecule has 0 spiro atoms. The minimum Gasteiger partial charge on any atom is -0.320 e. The van der Waals surface area contributed by atoms with E-state index in [1.54, 1.807) is 0 Å². The van der Waals surface area contributed by atoms with Gasteiger partial charge in [0.25, 0.3) is 5.91 Å². The third-order valence-corrected chi connectivity index (χ3v) is 1.70. The van der Waals surface area contributed by atoms with Gasteiger partial charge in [-0.1, -0.05) is 20.3 Å². The van der Waals surface area contributed by atoms with Crippen molar-refractivity contribution in [1.29, 1.82) is 0 Å². The third kappa shape index (κ3) is 2.33. The first-order chi connectivity index (χ1) is 4.63. The van der Waals surface area contributed by atoms with Gasteiger partial charge in [0.1, 0.15) is 0 Å². The molecule has 1 unspecified atom stereocenters. The summed E-state index contributed by atoms with van der Waals surface area (Å²) in [7, 11) is 0. The molecule has 0 radical (unpaired) electrons. The van der Waals surface area contributed by atoms with Crippen molar-refractivity contribution in [2.75, 3.05) is 0 Å². The van der Waals surface area contributed by atoms with Gasteiger partial charge in [-0.15, -0.1) is 0 Å². The predicted octanol–water partition coefficient (Wildman–Crippen LogP) is -0.650. The summed E-state index contributed by atoms with van der Waals surface area (Å²) >= 11 is 0. The Morgan fingerprint density at radius 1 is 1.70 bits per heavy atom. The van der Waals surface area contributed by atoms with E-state index in [2.05, 4.69) is 0 Å². The number of rotatable bonds is 3. The minimum absolute atomic E-state index is 0.184. The van der Waals surface area contributed by atoms with Crippen LogP contribution in [-0.2, 0) is 4.79 Å². The number of hydrogen-bond acceptors (Lipinski definition) is 3. The van der Waals surface area contributed by atoms with Crippen LogP contribution in [0.3, 0.4) is 0 Å². The molecular formula is C6H15N3O. The highest BCUT2D eigenvalue weighted by Gasteiger charge is 2.17. The summed E-state index contributed by atoms with van der Waals surface area (Å²) in [5.41, 5.74) is 7.51. The molecule has 1 amide bonds. The van der Waals surface area contributed by atoms with E-state index in [-0.39, 0.29) is 11.8 Å². The van der Waals surface area contributed by atoms with Gasteiger partial charge in [0.15, 0.2) is 0 Å². The molecule has 0 fully saturated rings. The topological polar surface area (TPSA) is 81.1 Å². The number of carbonyl (C=O) groups excluding carboxylic acids is 1. The number of carbonyl (C=O) groups is 1. The molecule has 0 aliphatic heterocycles. The zero-order chi connectivity index (χ0) is 8.15. The minimum atomic E-state index is -0.477. The van der Waals surface area contributed by atoms with Crippen molar-refractivity contribution in [2.45, 2.75) is 26.3 Å². The van der Waals surface area contributed by atoms with Crippen LogP contribution in [0.2, 0.25) is 0 Å². The number of hydrogen-bond donors (Lipinski definition) is 3. The molecule has 10 heavy (non-hydrogen) atoms. The van der Waals surface area contributed by atoms with Crippen LogP contribution in [0.25, 0.3) is 0 Å². The molecule has 60 valence electrons. The molecule has 0 aromatic carbocycles. The molecule has 0 aromatic rings. The Kier molecular flexibility index (Phi) is 3.99. The monoisotopic (exact) mass is 145 g/mol. The molecule has 0 saturated carbocycles. The second-order valence-corrected chi connectivity index (χ2v) is 2.42. The van der Waals surface area contributed by atoms with Gasteiger partial charge in [0.05, 0.1) is 6.04 Å². The van der Waals surface area contributed by atoms with Gasteiger partial charge in [0, 0.05) is 0 Å². The van der Waals surface area contributed by atoms with Gasteiger partial charge < -0.3 is 5.73 Å². The van der Waals surface area contributed by atoms with E-state index in [4.69, 9.17) is 11.6 Å². The highest BCUT2D eigenvalue weighted by atomic mass is 16.2. The summed E-state index contributed by atoms with van der Waals surface area (Å²) in [6, 6.07) is -0.477. The van der Waals surface area contributed by atoms with Crippen molar-refractivity contribution >= 4 is 5.91 Å². The molecule has 0 saturated heterocycles. The van der Waals surface area contributed by atoms with Crippen LogP contribution in [0.15, 0.2) is 0 Å². The van der Waals surface area contributed by atoms with E-state index in [1.807, 2.05) is 19.3 Å². The van der Waals surface area contributed by atoms with Crippen LogP contribution < -0.4 is 17.0 Å². The normalized spacial score (nSPS) is 16.0. The van der Waals surface area contributed by atoms with E-state index < -0.39 is 6.04 Å². The van der Waals surface area contributed by atoms with E-state index in [0.717, 1.165) is 6.42 Å². The molecule has 0 aliphatic rings. The summed E-state index contributed by atoms with van der Waals surface area (Å²) in [6.07, 6.45) is 0.884. The van der Waals surface area contributed by atoms with Gasteiger partial charge in [0.2, 0.25) is 0 Å². The molecule has 0 heterocycles. The van der Waals surface area contributed by atoms with Crippen LogP contribution in [0.4, 0.5) is 0 Å². The Labute approximate surface area is 60.9 Å². The zero-order valence-corrected chi connectivity index (χ0v) is 6.42. The first-order valence-electron chi connectivity index (χ1n) is 3.39. The van der Waals surface area contributed by atoms with E-state index in [9.17, 15) is 4.79 Å². The quantitative estimate of drug-likeness (QED) is 0.280. The van der Waals surface area contributed by atoms with E-state index in [0.29, 0.717) is 0 Å². The molecule has 4 nitrogen and oxygen atoms in total. The highest BCUT2D eigenvalue weighted by molar-refractivity contribution is 5.81. The Morgan fingerprint density at radius 3 is 2.50 bits per heavy atom. The third-order valence-electron chi connectivity index (χ3n) is 1.70. The van der Waals surface area contributed by atoms with Crippen molar-refractivity contribution in [3.05, 3.63) is 0 Å². The second kappa shape index (κ2) is 4.24. The lowest BCUT2D eigenvalue weighted by Crippen LogP contribution is -2.47. The fourth-order valence-corrected chi connectivity index (χ4v) is 0.609. The standard InChI is InChI=1S/C6H15N3O/c1-3-4(2)5(7)6(10)9-8/h4-5H,3,7-8H2,1-2H3,(H,9,10)/t4?,5-/m1/s1.